The Hall–Kier alpha value is -3.22. The van der Waals surface area contributed by atoms with Gasteiger partial charge in [-0.05, 0) is 42.2 Å². The van der Waals surface area contributed by atoms with E-state index in [1.807, 2.05) is 50.2 Å². The van der Waals surface area contributed by atoms with E-state index in [1.165, 1.54) is 0 Å². The Balaban J connectivity index is 1.96. The van der Waals surface area contributed by atoms with E-state index in [-0.39, 0.29) is 11.8 Å². The summed E-state index contributed by atoms with van der Waals surface area (Å²) in [6, 6.07) is 13.8. The van der Waals surface area contributed by atoms with Gasteiger partial charge in [0.15, 0.2) is 11.5 Å². The number of likely N-dealkylation sites (N-methyl/N-ethyl adjacent to an activating group) is 1. The summed E-state index contributed by atoms with van der Waals surface area (Å²) in [6.45, 7) is 4.33. The third-order valence-corrected chi connectivity index (χ3v) is 4.81. The normalized spacial score (nSPS) is 11.5. The number of nitrogens with zero attached hydrogens (tertiary/aromatic N) is 1. The molecule has 1 atom stereocenters. The van der Waals surface area contributed by atoms with Gasteiger partial charge >= 0.3 is 6.03 Å². The third kappa shape index (κ3) is 6.40. The van der Waals surface area contributed by atoms with Crippen molar-refractivity contribution in [1.29, 1.82) is 0 Å². The number of nitrogens with one attached hydrogen (secondary N) is 2. The summed E-state index contributed by atoms with van der Waals surface area (Å²) in [4.78, 5) is 26.9. The van der Waals surface area contributed by atoms with Crippen molar-refractivity contribution in [3.63, 3.8) is 0 Å². The number of urea groups is 1. The van der Waals surface area contributed by atoms with Crippen LogP contribution in [0.3, 0.4) is 0 Å². The first-order chi connectivity index (χ1) is 14.3. The van der Waals surface area contributed by atoms with Crippen molar-refractivity contribution in [2.24, 2.45) is 5.92 Å². The molecule has 0 saturated carbocycles. The van der Waals surface area contributed by atoms with Gasteiger partial charge in [-0.3, -0.25) is 4.79 Å². The van der Waals surface area contributed by atoms with E-state index in [0.717, 1.165) is 5.56 Å². The number of para-hydroxylation sites is 1. The Labute approximate surface area is 178 Å². The molecular weight excluding hydrogens is 382 g/mol. The second-order valence-electron chi connectivity index (χ2n) is 7.39. The van der Waals surface area contributed by atoms with E-state index in [1.54, 1.807) is 38.3 Å². The molecule has 162 valence electrons. The zero-order chi connectivity index (χ0) is 22.1. The van der Waals surface area contributed by atoms with Crippen LogP contribution in [0.5, 0.6) is 11.5 Å². The number of hydrogen-bond acceptors (Lipinski definition) is 4. The predicted octanol–water partition coefficient (Wildman–Crippen LogP) is 3.55. The van der Waals surface area contributed by atoms with Gasteiger partial charge in [-0.1, -0.05) is 38.1 Å². The van der Waals surface area contributed by atoms with E-state index >= 15 is 0 Å². The number of carbonyl (C=O) groups is 2. The molecule has 0 heterocycles. The highest BCUT2D eigenvalue weighted by molar-refractivity contribution is 5.93. The summed E-state index contributed by atoms with van der Waals surface area (Å²) >= 11 is 0. The van der Waals surface area contributed by atoms with Crippen LogP contribution in [0.25, 0.3) is 0 Å². The smallest absolute Gasteiger partial charge is 0.319 e. The average Bonchev–Trinajstić information content (AvgIpc) is 2.75. The number of methoxy groups -OCH3 is 2. The highest BCUT2D eigenvalue weighted by Crippen LogP contribution is 2.27. The van der Waals surface area contributed by atoms with E-state index < -0.39 is 12.1 Å². The van der Waals surface area contributed by atoms with Crippen molar-refractivity contribution < 1.29 is 19.1 Å². The van der Waals surface area contributed by atoms with Crippen molar-refractivity contribution in [2.75, 3.05) is 33.1 Å². The average molecular weight is 414 g/mol. The van der Waals surface area contributed by atoms with Crippen molar-refractivity contribution >= 4 is 17.6 Å². The molecule has 2 N–H and O–H groups in total. The molecule has 0 aliphatic rings. The maximum Gasteiger partial charge on any atom is 0.319 e. The summed E-state index contributed by atoms with van der Waals surface area (Å²) in [6.07, 6.45) is 0.656. The summed E-state index contributed by atoms with van der Waals surface area (Å²) in [7, 11) is 4.93. The monoisotopic (exact) mass is 413 g/mol. The second kappa shape index (κ2) is 11.1. The molecule has 2 aromatic rings. The van der Waals surface area contributed by atoms with Crippen LogP contribution >= 0.6 is 0 Å². The topological polar surface area (TPSA) is 79.9 Å². The van der Waals surface area contributed by atoms with Crippen LogP contribution in [-0.4, -0.2) is 50.7 Å². The zero-order valence-corrected chi connectivity index (χ0v) is 18.3. The van der Waals surface area contributed by atoms with Gasteiger partial charge in [-0.15, -0.1) is 0 Å². The number of carbonyl (C=O) groups excluding carboxylic acids is 2. The number of rotatable bonds is 9. The van der Waals surface area contributed by atoms with Crippen LogP contribution in [-0.2, 0) is 11.2 Å². The molecule has 7 nitrogen and oxygen atoms in total. The molecular formula is C23H31N3O4. The third-order valence-electron chi connectivity index (χ3n) is 4.81. The lowest BCUT2D eigenvalue weighted by Crippen LogP contribution is -2.51. The lowest BCUT2D eigenvalue weighted by Gasteiger charge is -2.27. The number of anilines is 1. The standard InChI is InChI=1S/C23H31N3O4/c1-16(2)21(25-23(28)24-18-9-7-6-8-10-18)22(27)26(3)14-13-17-11-12-19(29-4)20(15-17)30-5/h6-12,15-16,21H,13-14H2,1-5H3,(H2,24,25,28). The fourth-order valence-corrected chi connectivity index (χ4v) is 3.02. The molecule has 0 aliphatic carbocycles. The molecule has 7 heteroatoms. The SMILES string of the molecule is COc1ccc(CCN(C)C(=O)C(NC(=O)Nc2ccccc2)C(C)C)cc1OC. The first-order valence-electron chi connectivity index (χ1n) is 9.94. The van der Waals surface area contributed by atoms with Gasteiger partial charge in [-0.2, -0.15) is 0 Å². The van der Waals surface area contributed by atoms with Crippen LogP contribution in [0.4, 0.5) is 10.5 Å². The van der Waals surface area contributed by atoms with E-state index in [2.05, 4.69) is 10.6 Å². The van der Waals surface area contributed by atoms with Gasteiger partial charge in [0.05, 0.1) is 14.2 Å². The van der Waals surface area contributed by atoms with Crippen LogP contribution in [0.1, 0.15) is 19.4 Å². The molecule has 3 amide bonds. The largest absolute Gasteiger partial charge is 0.493 e. The summed E-state index contributed by atoms with van der Waals surface area (Å²) in [5, 5.41) is 5.56. The molecule has 30 heavy (non-hydrogen) atoms. The van der Waals surface area contributed by atoms with Crippen LogP contribution < -0.4 is 20.1 Å². The van der Waals surface area contributed by atoms with Crippen molar-refractivity contribution in [1.82, 2.24) is 10.2 Å². The van der Waals surface area contributed by atoms with Gasteiger partial charge in [0.25, 0.3) is 0 Å². The molecule has 0 bridgehead atoms. The molecule has 0 saturated heterocycles. The molecule has 2 aromatic carbocycles. The summed E-state index contributed by atoms with van der Waals surface area (Å²) < 4.78 is 10.6. The predicted molar refractivity (Wildman–Crippen MR) is 118 cm³/mol. The fraction of sp³-hybridized carbons (Fsp3) is 0.391. The number of ether oxygens (including phenoxy) is 2. The Morgan fingerprint density at radius 1 is 1.00 bits per heavy atom. The van der Waals surface area contributed by atoms with Crippen molar-refractivity contribution in [2.45, 2.75) is 26.3 Å². The van der Waals surface area contributed by atoms with Crippen molar-refractivity contribution in [3.05, 3.63) is 54.1 Å². The van der Waals surface area contributed by atoms with Gasteiger partial charge in [0.1, 0.15) is 6.04 Å². The molecule has 0 radical (unpaired) electrons. The molecule has 0 aromatic heterocycles. The van der Waals surface area contributed by atoms with E-state index in [0.29, 0.717) is 30.2 Å². The molecule has 2 rings (SSSR count). The van der Waals surface area contributed by atoms with Gasteiger partial charge in [0.2, 0.25) is 5.91 Å². The minimum absolute atomic E-state index is 0.0532. The second-order valence-corrected chi connectivity index (χ2v) is 7.39. The van der Waals surface area contributed by atoms with Gasteiger partial charge in [0, 0.05) is 19.3 Å². The highest BCUT2D eigenvalue weighted by atomic mass is 16.5. The molecule has 0 aliphatic heterocycles. The lowest BCUT2D eigenvalue weighted by molar-refractivity contribution is -0.132. The van der Waals surface area contributed by atoms with E-state index in [9.17, 15) is 9.59 Å². The number of hydrogen-bond donors (Lipinski definition) is 2. The first kappa shape index (κ1) is 23.1. The quantitative estimate of drug-likeness (QED) is 0.659. The maximum atomic E-state index is 13.0. The Morgan fingerprint density at radius 3 is 2.27 bits per heavy atom. The molecule has 0 spiro atoms. The highest BCUT2D eigenvalue weighted by Gasteiger charge is 2.27. The summed E-state index contributed by atoms with van der Waals surface area (Å²) in [5.74, 6) is 1.14. The van der Waals surface area contributed by atoms with Crippen molar-refractivity contribution in [3.8, 4) is 11.5 Å². The number of benzene rings is 2. The Bertz CT molecular complexity index is 840. The van der Waals surface area contributed by atoms with Crippen LogP contribution in [0.2, 0.25) is 0 Å². The maximum absolute atomic E-state index is 13.0. The van der Waals surface area contributed by atoms with Crippen LogP contribution in [0.15, 0.2) is 48.5 Å². The first-order valence-corrected chi connectivity index (χ1v) is 9.94. The van der Waals surface area contributed by atoms with Gasteiger partial charge in [-0.25, -0.2) is 4.79 Å². The minimum Gasteiger partial charge on any atom is -0.493 e. The lowest BCUT2D eigenvalue weighted by atomic mass is 10.0. The Kier molecular flexibility index (Phi) is 8.53. The zero-order valence-electron chi connectivity index (χ0n) is 18.3. The Morgan fingerprint density at radius 2 is 1.67 bits per heavy atom. The van der Waals surface area contributed by atoms with Gasteiger partial charge < -0.3 is 25.0 Å². The molecule has 1 unspecified atom stereocenters. The minimum atomic E-state index is -0.621. The fourth-order valence-electron chi connectivity index (χ4n) is 3.02. The van der Waals surface area contributed by atoms with E-state index in [4.69, 9.17) is 9.47 Å². The molecule has 0 fully saturated rings. The summed E-state index contributed by atoms with van der Waals surface area (Å²) in [5.41, 5.74) is 1.70. The van der Waals surface area contributed by atoms with Crippen LogP contribution in [0, 0.1) is 5.92 Å². The number of amides is 3.